The molecule has 1 amide bonds. The van der Waals surface area contributed by atoms with Crippen LogP contribution in [-0.2, 0) is 4.79 Å². The minimum Gasteiger partial charge on any atom is -0.301 e. The van der Waals surface area contributed by atoms with Crippen molar-refractivity contribution in [1.82, 2.24) is 9.80 Å². The molecule has 5 rings (SSSR count). The number of hydrogen-bond donors (Lipinski definition) is 0. The van der Waals surface area contributed by atoms with E-state index < -0.39 is 0 Å². The van der Waals surface area contributed by atoms with Gasteiger partial charge in [-0.15, -0.1) is 0 Å². The third kappa shape index (κ3) is 4.86. The van der Waals surface area contributed by atoms with Crippen molar-refractivity contribution in [2.75, 3.05) is 37.6 Å². The van der Waals surface area contributed by atoms with Crippen molar-refractivity contribution in [1.29, 1.82) is 0 Å². The van der Waals surface area contributed by atoms with Gasteiger partial charge in [-0.1, -0.05) is 48.3 Å². The van der Waals surface area contributed by atoms with Gasteiger partial charge in [0.2, 0.25) is 5.91 Å². The highest BCUT2D eigenvalue weighted by molar-refractivity contribution is 7.99. The van der Waals surface area contributed by atoms with Gasteiger partial charge in [0.25, 0.3) is 0 Å². The lowest BCUT2D eigenvalue weighted by molar-refractivity contribution is -0.118. The minimum atomic E-state index is 0.165. The van der Waals surface area contributed by atoms with Crippen molar-refractivity contribution in [3.05, 3.63) is 47.5 Å². The summed E-state index contributed by atoms with van der Waals surface area (Å²) in [7, 11) is 0. The molecule has 3 aliphatic heterocycles. The predicted molar refractivity (Wildman–Crippen MR) is 133 cm³/mol. The molecule has 0 aromatic heterocycles. The molecule has 2 fully saturated rings. The SMILES string of the molecule is O=C(CCCCCCN1CCN2CCC[C@@H]2C1)N1c2ccccc2Sc2ccc(Cl)cc21. The number of nitrogens with zero attached hydrogens (tertiary/aromatic N) is 3. The summed E-state index contributed by atoms with van der Waals surface area (Å²) in [5, 5.41) is 0.667. The van der Waals surface area contributed by atoms with Crippen LogP contribution in [0.5, 0.6) is 0 Å². The number of rotatable bonds is 7. The smallest absolute Gasteiger partial charge is 0.231 e. The van der Waals surface area contributed by atoms with Crippen molar-refractivity contribution in [2.24, 2.45) is 0 Å². The Labute approximate surface area is 200 Å². The van der Waals surface area contributed by atoms with E-state index >= 15 is 0 Å². The molecule has 3 heterocycles. The van der Waals surface area contributed by atoms with Crippen LogP contribution in [0.3, 0.4) is 0 Å². The molecule has 0 bridgehead atoms. The molecule has 1 atom stereocenters. The van der Waals surface area contributed by atoms with Gasteiger partial charge < -0.3 is 4.90 Å². The van der Waals surface area contributed by atoms with Crippen molar-refractivity contribution in [3.63, 3.8) is 0 Å². The first-order valence-corrected chi connectivity index (χ1v) is 13.2. The van der Waals surface area contributed by atoms with Gasteiger partial charge in [0.15, 0.2) is 0 Å². The van der Waals surface area contributed by atoms with E-state index in [0.717, 1.165) is 40.0 Å². The van der Waals surface area contributed by atoms with Crippen LogP contribution in [0.2, 0.25) is 5.02 Å². The Morgan fingerprint density at radius 1 is 0.969 bits per heavy atom. The summed E-state index contributed by atoms with van der Waals surface area (Å²) >= 11 is 7.98. The summed E-state index contributed by atoms with van der Waals surface area (Å²) in [6.07, 6.45) is 7.83. The largest absolute Gasteiger partial charge is 0.301 e. The highest BCUT2D eigenvalue weighted by Gasteiger charge is 2.30. The maximum atomic E-state index is 13.3. The summed E-state index contributed by atoms with van der Waals surface area (Å²) in [4.78, 5) is 22.7. The average Bonchev–Trinajstić information content (AvgIpc) is 3.27. The Morgan fingerprint density at radius 3 is 2.75 bits per heavy atom. The van der Waals surface area contributed by atoms with Crippen molar-refractivity contribution in [2.45, 2.75) is 60.8 Å². The van der Waals surface area contributed by atoms with Gasteiger partial charge in [-0.3, -0.25) is 14.6 Å². The third-order valence-corrected chi connectivity index (χ3v) is 8.39. The van der Waals surface area contributed by atoms with Gasteiger partial charge in [-0.05, 0) is 69.1 Å². The zero-order valence-electron chi connectivity index (χ0n) is 18.6. The van der Waals surface area contributed by atoms with Crippen molar-refractivity contribution in [3.8, 4) is 0 Å². The van der Waals surface area contributed by atoms with E-state index in [0.29, 0.717) is 11.4 Å². The van der Waals surface area contributed by atoms with Crippen LogP contribution in [0.4, 0.5) is 11.4 Å². The van der Waals surface area contributed by atoms with E-state index in [9.17, 15) is 4.79 Å². The normalized spacial score (nSPS) is 20.7. The van der Waals surface area contributed by atoms with E-state index in [-0.39, 0.29) is 5.91 Å². The molecule has 2 aromatic rings. The highest BCUT2D eigenvalue weighted by atomic mass is 35.5. The lowest BCUT2D eigenvalue weighted by Crippen LogP contribution is -2.50. The molecule has 0 unspecified atom stereocenters. The van der Waals surface area contributed by atoms with Crippen LogP contribution < -0.4 is 4.90 Å². The number of halogens is 1. The zero-order chi connectivity index (χ0) is 21.9. The van der Waals surface area contributed by atoms with Crippen LogP contribution in [0.1, 0.15) is 44.9 Å². The first kappa shape index (κ1) is 22.3. The third-order valence-electron chi connectivity index (χ3n) is 7.02. The number of hydrogen-bond acceptors (Lipinski definition) is 4. The molecule has 32 heavy (non-hydrogen) atoms. The molecule has 4 nitrogen and oxygen atoms in total. The molecule has 0 saturated carbocycles. The van der Waals surface area contributed by atoms with Crippen LogP contribution in [0.15, 0.2) is 52.3 Å². The van der Waals surface area contributed by atoms with Crippen LogP contribution >= 0.6 is 23.4 Å². The zero-order valence-corrected chi connectivity index (χ0v) is 20.2. The molecule has 0 aliphatic carbocycles. The van der Waals surface area contributed by atoms with Gasteiger partial charge in [-0.2, -0.15) is 0 Å². The highest BCUT2D eigenvalue weighted by Crippen LogP contribution is 2.49. The maximum absolute atomic E-state index is 13.3. The first-order chi connectivity index (χ1) is 15.7. The maximum Gasteiger partial charge on any atom is 0.231 e. The second-order valence-corrected chi connectivity index (χ2v) is 10.7. The summed E-state index contributed by atoms with van der Waals surface area (Å²) in [6, 6.07) is 14.8. The monoisotopic (exact) mass is 469 g/mol. The molecular weight excluding hydrogens is 438 g/mol. The van der Waals surface area contributed by atoms with Gasteiger partial charge in [0.1, 0.15) is 0 Å². The fourth-order valence-electron chi connectivity index (χ4n) is 5.33. The number of anilines is 2. The quantitative estimate of drug-likeness (QED) is 0.451. The Kier molecular flexibility index (Phi) is 7.08. The lowest BCUT2D eigenvalue weighted by atomic mass is 10.1. The average molecular weight is 470 g/mol. The Balaban J connectivity index is 1.11. The number of carbonyl (C=O) groups is 1. The molecule has 2 aromatic carbocycles. The Bertz CT molecular complexity index is 968. The summed E-state index contributed by atoms with van der Waals surface area (Å²) in [5.74, 6) is 0.165. The fourth-order valence-corrected chi connectivity index (χ4v) is 6.54. The second kappa shape index (κ2) is 10.2. The van der Waals surface area contributed by atoms with Gasteiger partial charge >= 0.3 is 0 Å². The fraction of sp³-hybridized carbons (Fsp3) is 0.500. The molecule has 170 valence electrons. The van der Waals surface area contributed by atoms with Crippen molar-refractivity contribution >= 4 is 40.6 Å². The molecule has 0 radical (unpaired) electrons. The summed E-state index contributed by atoms with van der Waals surface area (Å²) < 4.78 is 0. The summed E-state index contributed by atoms with van der Waals surface area (Å²) in [5.41, 5.74) is 1.89. The standard InChI is InChI=1S/C26H32ClN3OS/c27-20-12-13-25-23(18-20)30(22-9-4-5-10-24(22)32-25)26(31)11-3-1-2-6-14-28-16-17-29-15-7-8-21(29)19-28/h4-5,9-10,12-13,18,21H,1-3,6-8,11,14-17,19H2/t21-/m1/s1. The van der Waals surface area contributed by atoms with E-state index in [1.165, 1.54) is 58.4 Å². The van der Waals surface area contributed by atoms with Crippen LogP contribution in [0, 0.1) is 0 Å². The molecule has 0 spiro atoms. The van der Waals surface area contributed by atoms with Gasteiger partial charge in [0, 0.05) is 46.9 Å². The number of fused-ring (bicyclic) bond motifs is 3. The Morgan fingerprint density at radius 2 is 1.81 bits per heavy atom. The molecule has 3 aliphatic rings. The number of para-hydroxylation sites is 1. The first-order valence-electron chi connectivity index (χ1n) is 12.0. The van der Waals surface area contributed by atoms with E-state index in [1.54, 1.807) is 11.8 Å². The van der Waals surface area contributed by atoms with Gasteiger partial charge in [-0.25, -0.2) is 0 Å². The minimum absolute atomic E-state index is 0.165. The number of unbranched alkanes of at least 4 members (excludes halogenated alkanes) is 3. The summed E-state index contributed by atoms with van der Waals surface area (Å²) in [6.45, 7) is 6.25. The lowest BCUT2D eigenvalue weighted by Gasteiger charge is -2.37. The number of benzene rings is 2. The second-order valence-electron chi connectivity index (χ2n) is 9.21. The number of carbonyl (C=O) groups excluding carboxylic acids is 1. The van der Waals surface area contributed by atoms with E-state index in [1.807, 2.05) is 41.3 Å². The topological polar surface area (TPSA) is 26.8 Å². The van der Waals surface area contributed by atoms with E-state index in [2.05, 4.69) is 15.9 Å². The predicted octanol–water partition coefficient (Wildman–Crippen LogP) is 6.20. The molecule has 2 saturated heterocycles. The van der Waals surface area contributed by atoms with Crippen LogP contribution in [0.25, 0.3) is 0 Å². The van der Waals surface area contributed by atoms with Crippen molar-refractivity contribution < 1.29 is 4.79 Å². The van der Waals surface area contributed by atoms with Crippen LogP contribution in [-0.4, -0.2) is 54.5 Å². The van der Waals surface area contributed by atoms with E-state index in [4.69, 9.17) is 11.6 Å². The molecule has 0 N–H and O–H groups in total. The molecular formula is C26H32ClN3OS. The number of amides is 1. The Hall–Kier alpha value is -1.53. The number of piperazine rings is 1. The van der Waals surface area contributed by atoms with Gasteiger partial charge in [0.05, 0.1) is 11.4 Å². The molecule has 6 heteroatoms.